The summed E-state index contributed by atoms with van der Waals surface area (Å²) in [6.07, 6.45) is 4.32. The van der Waals surface area contributed by atoms with Crippen LogP contribution in [0.3, 0.4) is 0 Å². The number of amides is 1. The summed E-state index contributed by atoms with van der Waals surface area (Å²) in [5, 5.41) is 11.0. The van der Waals surface area contributed by atoms with Crippen LogP contribution in [0.5, 0.6) is 0 Å². The third-order valence-corrected chi connectivity index (χ3v) is 4.25. The highest BCUT2D eigenvalue weighted by molar-refractivity contribution is 9.09. The zero-order chi connectivity index (χ0) is 13.1. The number of aryl methyl sites for hydroxylation is 2. The van der Waals surface area contributed by atoms with Gasteiger partial charge in [0.2, 0.25) is 0 Å². The molecule has 0 atom stereocenters. The van der Waals surface area contributed by atoms with Gasteiger partial charge in [0.25, 0.3) is 5.91 Å². The fourth-order valence-electron chi connectivity index (χ4n) is 2.24. The molecule has 18 heavy (non-hydrogen) atoms. The molecule has 1 amide bonds. The molecule has 0 unspecified atom stereocenters. The van der Waals surface area contributed by atoms with E-state index in [4.69, 9.17) is 0 Å². The first-order chi connectivity index (χ1) is 8.56. The van der Waals surface area contributed by atoms with Crippen LogP contribution >= 0.6 is 15.9 Å². The molecule has 0 bridgehead atoms. The maximum Gasteiger partial charge on any atom is 0.253 e. The number of alkyl halides is 1. The standard InChI is InChI=1S/C13H18BrN3O/c1-8-7-12(9(2)17-16-8)13(18)15-11-5-3-10(14)4-6-11/h7,10-11H,3-6H2,1-2H3,(H,15,18). The smallest absolute Gasteiger partial charge is 0.253 e. The van der Waals surface area contributed by atoms with Crippen LogP contribution in [0.15, 0.2) is 6.07 Å². The summed E-state index contributed by atoms with van der Waals surface area (Å²) in [6.45, 7) is 3.66. The lowest BCUT2D eigenvalue weighted by atomic mass is 9.95. The minimum Gasteiger partial charge on any atom is -0.349 e. The van der Waals surface area contributed by atoms with Crippen LogP contribution in [-0.2, 0) is 0 Å². The normalized spacial score (nSPS) is 23.7. The first-order valence-corrected chi connectivity index (χ1v) is 7.23. The molecule has 1 aliphatic rings. The highest BCUT2D eigenvalue weighted by Crippen LogP contribution is 2.24. The summed E-state index contributed by atoms with van der Waals surface area (Å²) < 4.78 is 0. The van der Waals surface area contributed by atoms with Crippen molar-refractivity contribution < 1.29 is 4.79 Å². The van der Waals surface area contributed by atoms with E-state index in [1.54, 1.807) is 6.07 Å². The van der Waals surface area contributed by atoms with E-state index in [0.717, 1.165) is 31.4 Å². The molecule has 1 N–H and O–H groups in total. The van der Waals surface area contributed by atoms with Crippen molar-refractivity contribution in [2.24, 2.45) is 0 Å². The number of hydrogen-bond donors (Lipinski definition) is 1. The van der Waals surface area contributed by atoms with E-state index < -0.39 is 0 Å². The van der Waals surface area contributed by atoms with E-state index in [-0.39, 0.29) is 5.91 Å². The maximum absolute atomic E-state index is 12.2. The van der Waals surface area contributed by atoms with Crippen LogP contribution in [0, 0.1) is 13.8 Å². The van der Waals surface area contributed by atoms with Gasteiger partial charge in [-0.25, -0.2) is 0 Å². The van der Waals surface area contributed by atoms with Gasteiger partial charge in [-0.05, 0) is 45.6 Å². The average Bonchev–Trinajstić information content (AvgIpc) is 2.35. The predicted octanol–water partition coefficient (Wildman–Crippen LogP) is 2.53. The number of hydrogen-bond acceptors (Lipinski definition) is 3. The Hall–Kier alpha value is -0.970. The van der Waals surface area contributed by atoms with Crippen molar-refractivity contribution in [3.05, 3.63) is 23.0 Å². The number of nitrogens with one attached hydrogen (secondary N) is 1. The highest BCUT2D eigenvalue weighted by Gasteiger charge is 2.22. The van der Waals surface area contributed by atoms with Crippen molar-refractivity contribution in [3.63, 3.8) is 0 Å². The van der Waals surface area contributed by atoms with Crippen LogP contribution in [-0.4, -0.2) is 27.0 Å². The molecule has 0 aromatic carbocycles. The van der Waals surface area contributed by atoms with E-state index in [1.165, 1.54) is 0 Å². The average molecular weight is 312 g/mol. The van der Waals surface area contributed by atoms with E-state index >= 15 is 0 Å². The van der Waals surface area contributed by atoms with Gasteiger partial charge in [0.1, 0.15) is 0 Å². The first kappa shape index (κ1) is 13.5. The van der Waals surface area contributed by atoms with E-state index in [0.29, 0.717) is 22.1 Å². The van der Waals surface area contributed by atoms with E-state index in [9.17, 15) is 4.79 Å². The Morgan fingerprint density at radius 2 is 1.94 bits per heavy atom. The molecule has 0 saturated heterocycles. The molecule has 0 aliphatic heterocycles. The number of halogens is 1. The van der Waals surface area contributed by atoms with Gasteiger partial charge in [0, 0.05) is 10.9 Å². The zero-order valence-electron chi connectivity index (χ0n) is 10.7. The lowest BCUT2D eigenvalue weighted by molar-refractivity contribution is 0.0927. The number of aromatic nitrogens is 2. The van der Waals surface area contributed by atoms with Gasteiger partial charge in [0.05, 0.1) is 17.0 Å². The van der Waals surface area contributed by atoms with E-state index in [2.05, 4.69) is 31.4 Å². The topological polar surface area (TPSA) is 54.9 Å². The van der Waals surface area contributed by atoms with Crippen molar-refractivity contribution in [3.8, 4) is 0 Å². The maximum atomic E-state index is 12.2. The first-order valence-electron chi connectivity index (χ1n) is 6.32. The molecule has 1 fully saturated rings. The number of nitrogens with zero attached hydrogens (tertiary/aromatic N) is 2. The second-order valence-electron chi connectivity index (χ2n) is 4.91. The van der Waals surface area contributed by atoms with Gasteiger partial charge >= 0.3 is 0 Å². The molecule has 5 heteroatoms. The van der Waals surface area contributed by atoms with Crippen LogP contribution in [0.1, 0.15) is 47.4 Å². The van der Waals surface area contributed by atoms with Crippen molar-refractivity contribution >= 4 is 21.8 Å². The van der Waals surface area contributed by atoms with Crippen molar-refractivity contribution in [1.29, 1.82) is 0 Å². The van der Waals surface area contributed by atoms with Gasteiger partial charge in [-0.3, -0.25) is 4.79 Å². The van der Waals surface area contributed by atoms with Crippen LogP contribution in [0.2, 0.25) is 0 Å². The summed E-state index contributed by atoms with van der Waals surface area (Å²) in [4.78, 5) is 12.8. The second kappa shape index (κ2) is 5.78. The van der Waals surface area contributed by atoms with E-state index in [1.807, 2.05) is 13.8 Å². The zero-order valence-corrected chi connectivity index (χ0v) is 12.3. The third kappa shape index (κ3) is 3.28. The molecule has 0 radical (unpaired) electrons. The summed E-state index contributed by atoms with van der Waals surface area (Å²) in [6, 6.07) is 2.09. The molecular weight excluding hydrogens is 294 g/mol. The largest absolute Gasteiger partial charge is 0.349 e. The summed E-state index contributed by atoms with van der Waals surface area (Å²) in [5.41, 5.74) is 2.10. The highest BCUT2D eigenvalue weighted by atomic mass is 79.9. The lowest BCUT2D eigenvalue weighted by Gasteiger charge is -2.26. The predicted molar refractivity (Wildman–Crippen MR) is 73.9 cm³/mol. The van der Waals surface area contributed by atoms with Gasteiger partial charge < -0.3 is 5.32 Å². The van der Waals surface area contributed by atoms with Crippen LogP contribution in [0.25, 0.3) is 0 Å². The molecule has 98 valence electrons. The van der Waals surface area contributed by atoms with Gasteiger partial charge in [0.15, 0.2) is 0 Å². The summed E-state index contributed by atoms with van der Waals surface area (Å²) >= 11 is 3.62. The molecule has 1 aromatic rings. The summed E-state index contributed by atoms with van der Waals surface area (Å²) in [5.74, 6) is -0.0245. The van der Waals surface area contributed by atoms with Crippen LogP contribution < -0.4 is 5.32 Å². The van der Waals surface area contributed by atoms with Crippen molar-refractivity contribution in [2.75, 3.05) is 0 Å². The second-order valence-corrected chi connectivity index (χ2v) is 6.20. The Kier molecular flexibility index (Phi) is 4.32. The van der Waals surface area contributed by atoms with Gasteiger partial charge in [-0.15, -0.1) is 0 Å². The molecule has 4 nitrogen and oxygen atoms in total. The Morgan fingerprint density at radius 1 is 1.28 bits per heavy atom. The van der Waals surface area contributed by atoms with Crippen molar-refractivity contribution in [1.82, 2.24) is 15.5 Å². The fraction of sp³-hybridized carbons (Fsp3) is 0.615. The van der Waals surface area contributed by atoms with Gasteiger partial charge in [-0.2, -0.15) is 10.2 Å². The Labute approximate surface area is 116 Å². The SMILES string of the molecule is Cc1cc(C(=O)NC2CCC(Br)CC2)c(C)nn1. The Bertz CT molecular complexity index is 442. The van der Waals surface area contributed by atoms with Crippen molar-refractivity contribution in [2.45, 2.75) is 50.4 Å². The Morgan fingerprint density at radius 3 is 2.61 bits per heavy atom. The fourth-order valence-corrected chi connectivity index (χ4v) is 2.77. The minimum atomic E-state index is -0.0245. The molecule has 1 aromatic heterocycles. The molecule has 1 saturated carbocycles. The minimum absolute atomic E-state index is 0.0245. The monoisotopic (exact) mass is 311 g/mol. The quantitative estimate of drug-likeness (QED) is 0.854. The molecule has 1 heterocycles. The van der Waals surface area contributed by atoms with Gasteiger partial charge in [-0.1, -0.05) is 15.9 Å². The summed E-state index contributed by atoms with van der Waals surface area (Å²) in [7, 11) is 0. The lowest BCUT2D eigenvalue weighted by Crippen LogP contribution is -2.38. The molecule has 0 spiro atoms. The molecule has 2 rings (SSSR count). The number of carbonyl (C=O) groups is 1. The number of carbonyl (C=O) groups excluding carboxylic acids is 1. The molecule has 1 aliphatic carbocycles. The van der Waals surface area contributed by atoms with Crippen LogP contribution in [0.4, 0.5) is 0 Å². The Balaban J connectivity index is 2.01. The molecular formula is C13H18BrN3O. The third-order valence-electron chi connectivity index (χ3n) is 3.34. The number of rotatable bonds is 2.